The average Bonchev–Trinajstić information content (AvgIpc) is 3.17. The molecule has 0 atom stereocenters. The van der Waals surface area contributed by atoms with Crippen molar-refractivity contribution in [3.05, 3.63) is 59.9 Å². The van der Waals surface area contributed by atoms with E-state index in [2.05, 4.69) is 5.32 Å². The van der Waals surface area contributed by atoms with Gasteiger partial charge in [-0.25, -0.2) is 0 Å². The van der Waals surface area contributed by atoms with Gasteiger partial charge >= 0.3 is 5.97 Å². The largest absolute Gasteiger partial charge is 0.494 e. The van der Waals surface area contributed by atoms with E-state index in [0.29, 0.717) is 28.9 Å². The lowest BCUT2D eigenvalue weighted by Gasteiger charge is -2.07. The third-order valence-electron chi connectivity index (χ3n) is 4.53. The first-order valence-corrected chi connectivity index (χ1v) is 10.1. The maximum Gasteiger partial charge on any atom is 0.306 e. The third-order valence-corrected chi connectivity index (χ3v) is 4.53. The molecule has 3 rings (SSSR count). The summed E-state index contributed by atoms with van der Waals surface area (Å²) in [7, 11) is 0. The van der Waals surface area contributed by atoms with E-state index < -0.39 is 18.5 Å². The summed E-state index contributed by atoms with van der Waals surface area (Å²) in [6.45, 7) is 2.06. The molecule has 2 aromatic carbocycles. The molecule has 32 heavy (non-hydrogen) atoms. The SMILES string of the molecule is CCCOc1ccc(C(=O)CCC(=O)OCC(=O)Nc2c(C#N)oc3ccccc23)cc1. The van der Waals surface area contributed by atoms with Gasteiger partial charge in [0.2, 0.25) is 5.76 Å². The molecule has 0 spiro atoms. The van der Waals surface area contributed by atoms with E-state index in [4.69, 9.17) is 13.9 Å². The summed E-state index contributed by atoms with van der Waals surface area (Å²) in [5.41, 5.74) is 1.15. The minimum Gasteiger partial charge on any atom is -0.494 e. The van der Waals surface area contributed by atoms with Gasteiger partial charge in [0.15, 0.2) is 12.4 Å². The number of ketones is 1. The summed E-state index contributed by atoms with van der Waals surface area (Å²) in [4.78, 5) is 36.4. The van der Waals surface area contributed by atoms with Gasteiger partial charge in [-0.3, -0.25) is 14.4 Å². The predicted molar refractivity (Wildman–Crippen MR) is 116 cm³/mol. The van der Waals surface area contributed by atoms with E-state index in [1.54, 1.807) is 48.5 Å². The molecule has 1 heterocycles. The van der Waals surface area contributed by atoms with E-state index >= 15 is 0 Å². The van der Waals surface area contributed by atoms with Crippen LogP contribution in [-0.2, 0) is 14.3 Å². The maximum absolute atomic E-state index is 12.3. The van der Waals surface area contributed by atoms with Gasteiger partial charge in [-0.15, -0.1) is 0 Å². The molecule has 0 unspecified atom stereocenters. The predicted octanol–water partition coefficient (Wildman–Crippen LogP) is 4.24. The minimum absolute atomic E-state index is 0.0393. The number of furan rings is 1. The molecule has 3 aromatic rings. The maximum atomic E-state index is 12.3. The Hall–Kier alpha value is -4.12. The zero-order valence-electron chi connectivity index (χ0n) is 17.6. The van der Waals surface area contributed by atoms with E-state index in [1.807, 2.05) is 13.0 Å². The second-order valence-corrected chi connectivity index (χ2v) is 6.92. The molecule has 8 nitrogen and oxygen atoms in total. The van der Waals surface area contributed by atoms with Crippen LogP contribution in [0.5, 0.6) is 5.75 Å². The summed E-state index contributed by atoms with van der Waals surface area (Å²) >= 11 is 0. The van der Waals surface area contributed by atoms with Crippen LogP contribution in [-0.4, -0.2) is 30.9 Å². The van der Waals surface area contributed by atoms with Crippen molar-refractivity contribution in [1.82, 2.24) is 0 Å². The normalized spacial score (nSPS) is 10.4. The smallest absolute Gasteiger partial charge is 0.306 e. The number of fused-ring (bicyclic) bond motifs is 1. The fourth-order valence-corrected chi connectivity index (χ4v) is 2.96. The minimum atomic E-state index is -0.672. The van der Waals surface area contributed by atoms with E-state index in [0.717, 1.165) is 6.42 Å². The van der Waals surface area contributed by atoms with E-state index in [9.17, 15) is 19.6 Å². The Morgan fingerprint density at radius 2 is 1.81 bits per heavy atom. The number of amides is 1. The first kappa shape index (κ1) is 22.6. The number of Topliss-reactive ketones (excluding diaryl/α,β-unsaturated/α-hetero) is 1. The summed E-state index contributed by atoms with van der Waals surface area (Å²) in [5, 5.41) is 12.3. The topological polar surface area (TPSA) is 119 Å². The zero-order chi connectivity index (χ0) is 22.9. The van der Waals surface area contributed by atoms with Gasteiger partial charge in [0, 0.05) is 17.4 Å². The Labute approximate surface area is 184 Å². The Morgan fingerprint density at radius 3 is 2.53 bits per heavy atom. The fraction of sp³-hybridized carbons (Fsp3) is 0.250. The highest BCUT2D eigenvalue weighted by molar-refractivity contribution is 6.03. The van der Waals surface area contributed by atoms with Crippen molar-refractivity contribution >= 4 is 34.3 Å². The highest BCUT2D eigenvalue weighted by atomic mass is 16.5. The van der Waals surface area contributed by atoms with Crippen molar-refractivity contribution in [2.24, 2.45) is 0 Å². The van der Waals surface area contributed by atoms with Gasteiger partial charge < -0.3 is 19.2 Å². The van der Waals surface area contributed by atoms with Gasteiger partial charge in [-0.2, -0.15) is 5.26 Å². The number of nitrogens with zero attached hydrogens (tertiary/aromatic N) is 1. The third kappa shape index (κ3) is 5.73. The molecule has 0 fully saturated rings. The zero-order valence-corrected chi connectivity index (χ0v) is 17.6. The molecule has 0 aliphatic heterocycles. The summed E-state index contributed by atoms with van der Waals surface area (Å²) in [5.74, 6) is -0.859. The summed E-state index contributed by atoms with van der Waals surface area (Å²) < 4.78 is 15.8. The number of carbonyl (C=O) groups excluding carboxylic acids is 3. The molecule has 0 saturated carbocycles. The second kappa shape index (κ2) is 10.8. The molecule has 1 aromatic heterocycles. The average molecular weight is 434 g/mol. The molecule has 8 heteroatoms. The van der Waals surface area contributed by atoms with Crippen LogP contribution < -0.4 is 10.1 Å². The lowest BCUT2D eigenvalue weighted by molar-refractivity contribution is -0.147. The lowest BCUT2D eigenvalue weighted by atomic mass is 10.1. The van der Waals surface area contributed by atoms with Crippen LogP contribution in [0.2, 0.25) is 0 Å². The van der Waals surface area contributed by atoms with Crippen LogP contribution in [0.15, 0.2) is 52.9 Å². The van der Waals surface area contributed by atoms with Crippen molar-refractivity contribution in [3.63, 3.8) is 0 Å². The quantitative estimate of drug-likeness (QED) is 0.374. The van der Waals surface area contributed by atoms with Crippen LogP contribution in [0.3, 0.4) is 0 Å². The second-order valence-electron chi connectivity index (χ2n) is 6.92. The Morgan fingerprint density at radius 1 is 1.06 bits per heavy atom. The molecule has 0 bridgehead atoms. The van der Waals surface area contributed by atoms with E-state index in [-0.39, 0.29) is 30.1 Å². The van der Waals surface area contributed by atoms with Crippen LogP contribution >= 0.6 is 0 Å². The molecule has 164 valence electrons. The Kier molecular flexibility index (Phi) is 7.60. The fourth-order valence-electron chi connectivity index (χ4n) is 2.96. The molecule has 1 N–H and O–H groups in total. The molecular weight excluding hydrogens is 412 g/mol. The molecule has 0 radical (unpaired) electrons. The number of ether oxygens (including phenoxy) is 2. The number of para-hydroxylation sites is 1. The number of carbonyl (C=O) groups is 3. The van der Waals surface area contributed by atoms with Crippen LogP contribution in [0.25, 0.3) is 11.0 Å². The van der Waals surface area contributed by atoms with Crippen molar-refractivity contribution in [2.75, 3.05) is 18.5 Å². The number of nitrogens with one attached hydrogen (secondary N) is 1. The van der Waals surface area contributed by atoms with Crippen LogP contribution in [0.4, 0.5) is 5.69 Å². The monoisotopic (exact) mass is 434 g/mol. The van der Waals surface area contributed by atoms with E-state index in [1.165, 1.54) is 0 Å². The number of hydrogen-bond donors (Lipinski definition) is 1. The number of hydrogen-bond acceptors (Lipinski definition) is 7. The molecular formula is C24H22N2O6. The number of esters is 1. The number of nitriles is 1. The van der Waals surface area contributed by atoms with Crippen LogP contribution in [0.1, 0.15) is 42.3 Å². The van der Waals surface area contributed by atoms with Crippen molar-refractivity contribution in [2.45, 2.75) is 26.2 Å². The molecule has 0 saturated heterocycles. The summed E-state index contributed by atoms with van der Waals surface area (Å²) in [6, 6.07) is 15.5. The Balaban J connectivity index is 1.46. The van der Waals surface area contributed by atoms with Crippen molar-refractivity contribution in [1.29, 1.82) is 5.26 Å². The van der Waals surface area contributed by atoms with Crippen LogP contribution in [0, 0.1) is 11.3 Å². The highest BCUT2D eigenvalue weighted by Crippen LogP contribution is 2.30. The van der Waals surface area contributed by atoms with Crippen molar-refractivity contribution in [3.8, 4) is 11.8 Å². The molecule has 0 aliphatic rings. The van der Waals surface area contributed by atoms with Crippen molar-refractivity contribution < 1.29 is 28.3 Å². The molecule has 0 aliphatic carbocycles. The number of rotatable bonds is 10. The lowest BCUT2D eigenvalue weighted by Crippen LogP contribution is -2.21. The van der Waals surface area contributed by atoms with Gasteiger partial charge in [-0.05, 0) is 42.8 Å². The van der Waals surface area contributed by atoms with Gasteiger partial charge in [0.25, 0.3) is 5.91 Å². The number of benzene rings is 2. The van der Waals surface area contributed by atoms with Gasteiger partial charge in [-0.1, -0.05) is 19.1 Å². The molecule has 1 amide bonds. The van der Waals surface area contributed by atoms with Gasteiger partial charge in [0.05, 0.1) is 13.0 Å². The van der Waals surface area contributed by atoms with Gasteiger partial charge in [0.1, 0.15) is 23.1 Å². The summed E-state index contributed by atoms with van der Waals surface area (Å²) in [6.07, 6.45) is 0.692. The Bertz CT molecular complexity index is 1160. The highest BCUT2D eigenvalue weighted by Gasteiger charge is 2.17. The number of anilines is 1. The first-order valence-electron chi connectivity index (χ1n) is 10.1. The first-order chi connectivity index (χ1) is 15.5. The standard InChI is InChI=1S/C24H22N2O6/c1-2-13-30-17-9-7-16(8-10-17)19(27)11-12-23(29)31-15-22(28)26-24-18-5-3-4-6-20(18)32-21(24)14-25/h3-10H,2,11-13,15H2,1H3,(H,26,28).